The average molecular weight is 294 g/mol. The van der Waals surface area contributed by atoms with E-state index in [0.29, 0.717) is 5.69 Å². The Bertz CT molecular complexity index is 707. The van der Waals surface area contributed by atoms with Crippen LogP contribution in [-0.2, 0) is 4.74 Å². The highest BCUT2D eigenvalue weighted by atomic mass is 16.6. The Morgan fingerprint density at radius 2 is 1.86 bits per heavy atom. The van der Waals surface area contributed by atoms with Crippen LogP contribution in [0.15, 0.2) is 48.8 Å². The third-order valence-electron chi connectivity index (χ3n) is 2.52. The molecular weight excluding hydrogens is 276 g/mol. The summed E-state index contributed by atoms with van der Waals surface area (Å²) in [5.74, 6) is 6.06. The van der Waals surface area contributed by atoms with Crippen LogP contribution in [0.4, 0.5) is 10.5 Å². The molecule has 0 saturated carbocycles. The Morgan fingerprint density at radius 1 is 1.14 bits per heavy atom. The summed E-state index contributed by atoms with van der Waals surface area (Å²) < 4.78 is 5.22. The zero-order valence-electron chi connectivity index (χ0n) is 12.9. The van der Waals surface area contributed by atoms with E-state index in [4.69, 9.17) is 4.74 Å². The van der Waals surface area contributed by atoms with E-state index in [2.05, 4.69) is 22.1 Å². The van der Waals surface area contributed by atoms with Crippen LogP contribution >= 0.6 is 0 Å². The maximum atomic E-state index is 11.7. The van der Waals surface area contributed by atoms with Crippen LogP contribution in [0.3, 0.4) is 0 Å². The molecule has 0 atom stereocenters. The smallest absolute Gasteiger partial charge is 0.412 e. The van der Waals surface area contributed by atoms with Gasteiger partial charge in [0.25, 0.3) is 0 Å². The van der Waals surface area contributed by atoms with Gasteiger partial charge in [-0.05, 0) is 51.1 Å². The van der Waals surface area contributed by atoms with Crippen molar-refractivity contribution in [2.45, 2.75) is 26.4 Å². The molecule has 0 spiro atoms. The molecule has 1 aromatic heterocycles. The van der Waals surface area contributed by atoms with Gasteiger partial charge in [-0.1, -0.05) is 17.9 Å². The number of anilines is 1. The number of hydrogen-bond acceptors (Lipinski definition) is 3. The molecule has 0 unspecified atom stereocenters. The van der Waals surface area contributed by atoms with Gasteiger partial charge >= 0.3 is 6.09 Å². The van der Waals surface area contributed by atoms with E-state index < -0.39 is 11.7 Å². The lowest BCUT2D eigenvalue weighted by Gasteiger charge is -2.19. The number of amides is 1. The molecule has 0 aliphatic heterocycles. The van der Waals surface area contributed by atoms with E-state index in [0.717, 1.165) is 11.1 Å². The highest BCUT2D eigenvalue weighted by Crippen LogP contribution is 2.13. The minimum absolute atomic E-state index is 0.482. The van der Waals surface area contributed by atoms with Gasteiger partial charge < -0.3 is 4.74 Å². The highest BCUT2D eigenvalue weighted by molar-refractivity contribution is 5.85. The van der Waals surface area contributed by atoms with Gasteiger partial charge in [-0.15, -0.1) is 0 Å². The highest BCUT2D eigenvalue weighted by Gasteiger charge is 2.16. The summed E-state index contributed by atoms with van der Waals surface area (Å²) in [5.41, 5.74) is 1.76. The molecule has 4 nitrogen and oxygen atoms in total. The van der Waals surface area contributed by atoms with Gasteiger partial charge in [0.15, 0.2) is 0 Å². The van der Waals surface area contributed by atoms with Crippen LogP contribution in [0.1, 0.15) is 31.9 Å². The van der Waals surface area contributed by atoms with Crippen LogP contribution in [-0.4, -0.2) is 16.7 Å². The number of nitrogens with one attached hydrogen (secondary N) is 1. The van der Waals surface area contributed by atoms with Crippen LogP contribution in [0.2, 0.25) is 0 Å². The SMILES string of the molecule is CC(C)(C)OC(=O)Nc1cccc(C#Cc2cccnc2)c1. The van der Waals surface area contributed by atoms with Crippen molar-refractivity contribution in [1.29, 1.82) is 0 Å². The van der Waals surface area contributed by atoms with Crippen molar-refractivity contribution in [3.05, 3.63) is 59.9 Å². The summed E-state index contributed by atoms with van der Waals surface area (Å²) in [5, 5.41) is 2.70. The first-order valence-electron chi connectivity index (χ1n) is 6.94. The van der Waals surface area contributed by atoms with Gasteiger partial charge in [0.05, 0.1) is 0 Å². The average Bonchev–Trinajstić information content (AvgIpc) is 2.44. The summed E-state index contributed by atoms with van der Waals surface area (Å²) in [6.07, 6.45) is 2.93. The Hall–Kier alpha value is -2.80. The second-order valence-electron chi connectivity index (χ2n) is 5.70. The number of rotatable bonds is 1. The summed E-state index contributed by atoms with van der Waals surface area (Å²) in [6.45, 7) is 5.47. The van der Waals surface area contributed by atoms with Crippen molar-refractivity contribution < 1.29 is 9.53 Å². The van der Waals surface area contributed by atoms with Gasteiger partial charge in [0.1, 0.15) is 5.60 Å². The number of ether oxygens (including phenoxy) is 1. The number of benzene rings is 1. The molecule has 2 aromatic rings. The minimum Gasteiger partial charge on any atom is -0.444 e. The number of carbonyl (C=O) groups is 1. The molecule has 0 fully saturated rings. The molecule has 0 saturated heterocycles. The number of aromatic nitrogens is 1. The van der Waals surface area contributed by atoms with Gasteiger partial charge in [-0.3, -0.25) is 10.3 Å². The standard InChI is InChI=1S/C18H18N2O2/c1-18(2,3)22-17(21)20-16-8-4-6-14(12-16)9-10-15-7-5-11-19-13-15/h4-8,11-13H,1-3H3,(H,20,21). The summed E-state index contributed by atoms with van der Waals surface area (Å²) in [6, 6.07) is 11.0. The number of carbonyl (C=O) groups excluding carboxylic acids is 1. The van der Waals surface area contributed by atoms with Crippen LogP contribution in [0.5, 0.6) is 0 Å². The number of hydrogen-bond donors (Lipinski definition) is 1. The lowest BCUT2D eigenvalue weighted by atomic mass is 10.2. The van der Waals surface area contributed by atoms with Crippen molar-refractivity contribution in [2.75, 3.05) is 5.32 Å². The van der Waals surface area contributed by atoms with E-state index in [1.807, 2.05) is 45.0 Å². The molecule has 0 aliphatic rings. The fraction of sp³-hybridized carbons (Fsp3) is 0.222. The van der Waals surface area contributed by atoms with Gasteiger partial charge in [-0.2, -0.15) is 0 Å². The van der Waals surface area contributed by atoms with Crippen LogP contribution in [0.25, 0.3) is 0 Å². The first-order chi connectivity index (χ1) is 10.4. The van der Waals surface area contributed by atoms with E-state index in [9.17, 15) is 4.79 Å². The maximum Gasteiger partial charge on any atom is 0.412 e. The molecule has 4 heteroatoms. The Balaban J connectivity index is 2.08. The predicted molar refractivity (Wildman–Crippen MR) is 86.5 cm³/mol. The topological polar surface area (TPSA) is 51.2 Å². The molecule has 0 aliphatic carbocycles. The van der Waals surface area contributed by atoms with Gasteiger partial charge in [0.2, 0.25) is 0 Å². The fourth-order valence-corrected chi connectivity index (χ4v) is 1.68. The number of pyridine rings is 1. The van der Waals surface area contributed by atoms with Crippen molar-refractivity contribution >= 4 is 11.8 Å². The van der Waals surface area contributed by atoms with E-state index in [1.54, 1.807) is 24.5 Å². The molecular formula is C18H18N2O2. The first kappa shape index (κ1) is 15.6. The van der Waals surface area contributed by atoms with Crippen LogP contribution < -0.4 is 5.32 Å². The van der Waals surface area contributed by atoms with Crippen molar-refractivity contribution in [3.8, 4) is 11.8 Å². The normalized spacial score (nSPS) is 10.3. The lowest BCUT2D eigenvalue weighted by molar-refractivity contribution is 0.0636. The zero-order valence-corrected chi connectivity index (χ0v) is 12.9. The van der Waals surface area contributed by atoms with Crippen molar-refractivity contribution in [2.24, 2.45) is 0 Å². The molecule has 2 rings (SSSR count). The van der Waals surface area contributed by atoms with E-state index in [1.165, 1.54) is 0 Å². The van der Waals surface area contributed by atoms with Crippen LogP contribution in [0, 0.1) is 11.8 Å². The lowest BCUT2D eigenvalue weighted by Crippen LogP contribution is -2.27. The Labute approximate surface area is 130 Å². The van der Waals surface area contributed by atoms with E-state index in [-0.39, 0.29) is 0 Å². The van der Waals surface area contributed by atoms with Gasteiger partial charge in [-0.25, -0.2) is 4.79 Å². The van der Waals surface area contributed by atoms with E-state index >= 15 is 0 Å². The molecule has 1 N–H and O–H groups in total. The first-order valence-corrected chi connectivity index (χ1v) is 6.94. The molecule has 0 bridgehead atoms. The molecule has 22 heavy (non-hydrogen) atoms. The van der Waals surface area contributed by atoms with Gasteiger partial charge in [0, 0.05) is 29.2 Å². The fourth-order valence-electron chi connectivity index (χ4n) is 1.68. The molecule has 1 heterocycles. The maximum absolute atomic E-state index is 11.7. The van der Waals surface area contributed by atoms with Crippen molar-refractivity contribution in [1.82, 2.24) is 4.98 Å². The number of nitrogens with zero attached hydrogens (tertiary/aromatic N) is 1. The molecule has 1 amide bonds. The summed E-state index contributed by atoms with van der Waals surface area (Å²) >= 11 is 0. The largest absolute Gasteiger partial charge is 0.444 e. The second kappa shape index (κ2) is 6.77. The Kier molecular flexibility index (Phi) is 4.80. The quantitative estimate of drug-likeness (QED) is 0.813. The third kappa shape index (κ3) is 5.29. The molecule has 1 aromatic carbocycles. The Morgan fingerprint density at radius 3 is 2.55 bits per heavy atom. The molecule has 112 valence electrons. The summed E-state index contributed by atoms with van der Waals surface area (Å²) in [4.78, 5) is 15.8. The third-order valence-corrected chi connectivity index (χ3v) is 2.52. The summed E-state index contributed by atoms with van der Waals surface area (Å²) in [7, 11) is 0. The minimum atomic E-state index is -0.526. The zero-order chi connectivity index (χ0) is 16.0. The monoisotopic (exact) mass is 294 g/mol. The predicted octanol–water partition coefficient (Wildman–Crippen LogP) is 3.83. The van der Waals surface area contributed by atoms with Crippen molar-refractivity contribution in [3.63, 3.8) is 0 Å². The second-order valence-corrected chi connectivity index (χ2v) is 5.70. The molecule has 0 radical (unpaired) electrons.